The summed E-state index contributed by atoms with van der Waals surface area (Å²) < 4.78 is 12.6. The summed E-state index contributed by atoms with van der Waals surface area (Å²) in [5.41, 5.74) is 3.00. The minimum atomic E-state index is -0.862. The lowest BCUT2D eigenvalue weighted by atomic mass is 9.96. The van der Waals surface area contributed by atoms with Gasteiger partial charge in [0, 0.05) is 32.4 Å². The fourth-order valence-electron chi connectivity index (χ4n) is 5.28. The quantitative estimate of drug-likeness (QED) is 0.278. The number of aliphatic hydroxyl groups excluding tert-OH is 1. The summed E-state index contributed by atoms with van der Waals surface area (Å²) in [4.78, 5) is 35.2. The average Bonchev–Trinajstić information content (AvgIpc) is 3.39. The molecule has 200 valence electrons. The van der Waals surface area contributed by atoms with Crippen molar-refractivity contribution in [2.45, 2.75) is 26.3 Å². The highest BCUT2D eigenvalue weighted by molar-refractivity contribution is 6.46. The maximum absolute atomic E-state index is 13.4. The predicted octanol–water partition coefficient (Wildman–Crippen LogP) is 2.81. The van der Waals surface area contributed by atoms with Crippen LogP contribution in [0.15, 0.2) is 42.1 Å². The van der Waals surface area contributed by atoms with Crippen LogP contribution in [0.1, 0.15) is 35.0 Å². The van der Waals surface area contributed by atoms with Gasteiger partial charge in [0.25, 0.3) is 11.7 Å². The molecule has 1 aromatic carbocycles. The van der Waals surface area contributed by atoms with Gasteiger partial charge < -0.3 is 29.0 Å². The number of aromatic nitrogens is 2. The lowest BCUT2D eigenvalue weighted by Gasteiger charge is -2.29. The number of carbonyl (C=O) groups is 2. The third-order valence-corrected chi connectivity index (χ3v) is 7.34. The highest BCUT2D eigenvalue weighted by Gasteiger charge is 2.46. The van der Waals surface area contributed by atoms with Gasteiger partial charge in [-0.25, -0.2) is 4.98 Å². The molecule has 38 heavy (non-hydrogen) atoms. The number of ketones is 1. The molecule has 5 rings (SSSR count). The molecule has 4 heterocycles. The molecule has 2 aliphatic rings. The molecule has 0 bridgehead atoms. The third kappa shape index (κ3) is 4.50. The Balaban J connectivity index is 1.58. The van der Waals surface area contributed by atoms with Crippen LogP contribution in [0, 0.1) is 13.8 Å². The molecule has 2 aliphatic heterocycles. The van der Waals surface area contributed by atoms with E-state index in [1.54, 1.807) is 12.1 Å². The Kier molecular flexibility index (Phi) is 7.09. The lowest BCUT2D eigenvalue weighted by Crippen LogP contribution is -2.38. The molecule has 2 aromatic heterocycles. The van der Waals surface area contributed by atoms with Crippen LogP contribution in [-0.2, 0) is 14.3 Å². The fraction of sp³-hybridized carbons (Fsp3) is 0.393. The number of pyridine rings is 1. The monoisotopic (exact) mass is 520 g/mol. The lowest BCUT2D eigenvalue weighted by molar-refractivity contribution is -0.140. The second kappa shape index (κ2) is 10.5. The minimum Gasteiger partial charge on any atom is -0.505 e. The van der Waals surface area contributed by atoms with Gasteiger partial charge in [0.2, 0.25) is 0 Å². The molecule has 1 amide bonds. The van der Waals surface area contributed by atoms with Crippen LogP contribution in [0.2, 0.25) is 0 Å². The molecule has 2 N–H and O–H groups in total. The van der Waals surface area contributed by atoms with E-state index in [9.17, 15) is 19.8 Å². The molecule has 2 saturated heterocycles. The second-order valence-electron chi connectivity index (χ2n) is 9.66. The van der Waals surface area contributed by atoms with E-state index >= 15 is 0 Å². The first-order chi connectivity index (χ1) is 18.3. The van der Waals surface area contributed by atoms with E-state index in [2.05, 4.69) is 9.88 Å². The summed E-state index contributed by atoms with van der Waals surface area (Å²) >= 11 is 0. The van der Waals surface area contributed by atoms with Crippen molar-refractivity contribution in [1.82, 2.24) is 19.2 Å². The number of morpholine rings is 1. The SMILES string of the molecule is COc1cc(C2C(=C(O)c3nc4c(C)cccn4c3C)C(=O)C(=O)N2CCCN2CCOCC2)ccc1O. The van der Waals surface area contributed by atoms with E-state index in [0.717, 1.165) is 25.2 Å². The molecule has 1 atom stereocenters. The third-order valence-electron chi connectivity index (χ3n) is 7.34. The van der Waals surface area contributed by atoms with Gasteiger partial charge >= 0.3 is 0 Å². The maximum Gasteiger partial charge on any atom is 0.295 e. The standard InChI is InChI=1S/C28H32N4O6/c1-17-6-4-10-31-18(2)23(29-27(17)31)25(34)22-24(19-7-8-20(33)21(16-19)37-3)32(28(36)26(22)35)11-5-9-30-12-14-38-15-13-30/h4,6-8,10,16,24,33-34H,5,9,11-15H2,1-3H3. The topological polar surface area (TPSA) is 117 Å². The van der Waals surface area contributed by atoms with Crippen molar-refractivity contribution in [3.05, 3.63) is 64.6 Å². The zero-order chi connectivity index (χ0) is 27.0. The number of hydrogen-bond acceptors (Lipinski definition) is 8. The van der Waals surface area contributed by atoms with Crippen LogP contribution in [0.5, 0.6) is 11.5 Å². The van der Waals surface area contributed by atoms with Crippen molar-refractivity contribution < 1.29 is 29.3 Å². The Morgan fingerprint density at radius 1 is 1.16 bits per heavy atom. The van der Waals surface area contributed by atoms with E-state index in [1.165, 1.54) is 18.1 Å². The zero-order valence-electron chi connectivity index (χ0n) is 21.8. The van der Waals surface area contributed by atoms with Crippen LogP contribution < -0.4 is 4.74 Å². The van der Waals surface area contributed by atoms with Crippen molar-refractivity contribution in [2.75, 3.05) is 46.5 Å². The number of aryl methyl sites for hydroxylation is 2. The Labute approximate surface area is 220 Å². The average molecular weight is 521 g/mol. The van der Waals surface area contributed by atoms with E-state index in [-0.39, 0.29) is 28.5 Å². The highest BCUT2D eigenvalue weighted by atomic mass is 16.5. The number of aliphatic hydroxyl groups is 1. The van der Waals surface area contributed by atoms with Crippen LogP contribution in [0.4, 0.5) is 0 Å². The number of carbonyl (C=O) groups excluding carboxylic acids is 2. The highest BCUT2D eigenvalue weighted by Crippen LogP contribution is 2.42. The van der Waals surface area contributed by atoms with Gasteiger partial charge in [0.05, 0.1) is 37.6 Å². The number of aromatic hydroxyl groups is 1. The summed E-state index contributed by atoms with van der Waals surface area (Å²) in [6.45, 7) is 7.80. The molecule has 1 unspecified atom stereocenters. The van der Waals surface area contributed by atoms with Crippen LogP contribution in [0.3, 0.4) is 0 Å². The van der Waals surface area contributed by atoms with E-state index in [4.69, 9.17) is 9.47 Å². The van der Waals surface area contributed by atoms with Gasteiger partial charge in [-0.1, -0.05) is 12.1 Å². The number of benzene rings is 1. The summed E-state index contributed by atoms with van der Waals surface area (Å²) in [5, 5.41) is 21.7. The number of imidazole rings is 1. The molecule has 10 nitrogen and oxygen atoms in total. The molecule has 10 heteroatoms. The van der Waals surface area contributed by atoms with Gasteiger partial charge in [-0.15, -0.1) is 0 Å². The Hall–Kier alpha value is -3.89. The van der Waals surface area contributed by atoms with Crippen molar-refractivity contribution >= 4 is 23.1 Å². The number of fused-ring (bicyclic) bond motifs is 1. The number of likely N-dealkylation sites (tertiary alicyclic amines) is 1. The molecule has 2 fully saturated rings. The van der Waals surface area contributed by atoms with E-state index in [1.807, 2.05) is 36.6 Å². The van der Waals surface area contributed by atoms with Crippen molar-refractivity contribution in [3.63, 3.8) is 0 Å². The maximum atomic E-state index is 13.4. The first kappa shape index (κ1) is 25.7. The van der Waals surface area contributed by atoms with Gasteiger partial charge in [0.1, 0.15) is 11.3 Å². The minimum absolute atomic E-state index is 0.0294. The molecule has 3 aromatic rings. The number of hydrogen-bond donors (Lipinski definition) is 2. The summed E-state index contributed by atoms with van der Waals surface area (Å²) in [7, 11) is 1.43. The number of phenols is 1. The molecular formula is C28H32N4O6. The molecular weight excluding hydrogens is 488 g/mol. The number of rotatable bonds is 7. The first-order valence-electron chi connectivity index (χ1n) is 12.7. The Bertz CT molecular complexity index is 1420. The Morgan fingerprint density at radius 3 is 2.63 bits per heavy atom. The zero-order valence-corrected chi connectivity index (χ0v) is 21.8. The second-order valence-corrected chi connectivity index (χ2v) is 9.66. The van der Waals surface area contributed by atoms with Gasteiger partial charge in [-0.2, -0.15) is 0 Å². The summed E-state index contributed by atoms with van der Waals surface area (Å²) in [5.74, 6) is -1.62. The normalized spacial score (nSPS) is 20.0. The summed E-state index contributed by atoms with van der Waals surface area (Å²) in [6, 6.07) is 7.63. The number of nitrogens with zero attached hydrogens (tertiary/aromatic N) is 4. The number of phenolic OH excluding ortho intramolecular Hbond substituents is 1. The fourth-order valence-corrected chi connectivity index (χ4v) is 5.28. The van der Waals surface area contributed by atoms with Crippen LogP contribution in [0.25, 0.3) is 11.4 Å². The van der Waals surface area contributed by atoms with Crippen molar-refractivity contribution in [3.8, 4) is 11.5 Å². The summed E-state index contributed by atoms with van der Waals surface area (Å²) in [6.07, 6.45) is 2.49. The molecule has 0 saturated carbocycles. The Morgan fingerprint density at radius 2 is 1.92 bits per heavy atom. The molecule has 0 radical (unpaired) electrons. The number of ether oxygens (including phenoxy) is 2. The number of amides is 1. The predicted molar refractivity (Wildman–Crippen MR) is 140 cm³/mol. The smallest absolute Gasteiger partial charge is 0.295 e. The van der Waals surface area contributed by atoms with Crippen LogP contribution in [-0.4, -0.2) is 87.6 Å². The number of methoxy groups -OCH3 is 1. The van der Waals surface area contributed by atoms with Crippen molar-refractivity contribution in [1.29, 1.82) is 0 Å². The van der Waals surface area contributed by atoms with Crippen molar-refractivity contribution in [2.24, 2.45) is 0 Å². The van der Waals surface area contributed by atoms with E-state index in [0.29, 0.717) is 43.1 Å². The largest absolute Gasteiger partial charge is 0.505 e. The van der Waals surface area contributed by atoms with E-state index < -0.39 is 17.7 Å². The molecule has 0 aliphatic carbocycles. The number of Topliss-reactive ketones (excluding diaryl/α,β-unsaturated/α-hetero) is 1. The van der Waals surface area contributed by atoms with Gasteiger partial charge in [-0.3, -0.25) is 14.5 Å². The first-order valence-corrected chi connectivity index (χ1v) is 12.7. The van der Waals surface area contributed by atoms with Crippen LogP contribution >= 0.6 is 0 Å². The van der Waals surface area contributed by atoms with Gasteiger partial charge in [0.15, 0.2) is 17.3 Å². The van der Waals surface area contributed by atoms with Gasteiger partial charge in [-0.05, 0) is 49.6 Å². The molecule has 0 spiro atoms.